The lowest BCUT2D eigenvalue weighted by atomic mass is 9.78. The first-order chi connectivity index (χ1) is 12.1. The monoisotopic (exact) mass is 347 g/mol. The van der Waals surface area contributed by atoms with Crippen molar-refractivity contribution < 1.29 is 19.4 Å². The second kappa shape index (κ2) is 7.41. The Kier molecular flexibility index (Phi) is 5.24. The van der Waals surface area contributed by atoms with E-state index in [4.69, 9.17) is 10.5 Å². The molecule has 0 aromatic heterocycles. The highest BCUT2D eigenvalue weighted by Gasteiger charge is 2.42. The summed E-state index contributed by atoms with van der Waals surface area (Å²) in [5.74, 6) is 0.0365. The molecule has 1 aromatic rings. The molecule has 3 N–H and O–H groups in total. The summed E-state index contributed by atoms with van der Waals surface area (Å²) in [6, 6.07) is 6.34. The van der Waals surface area contributed by atoms with E-state index < -0.39 is 5.41 Å². The van der Waals surface area contributed by atoms with Crippen molar-refractivity contribution in [2.24, 2.45) is 11.1 Å². The van der Waals surface area contributed by atoms with Gasteiger partial charge in [-0.25, -0.2) is 0 Å². The number of hydrogen-bond donors (Lipinski definition) is 2. The first kappa shape index (κ1) is 17.7. The van der Waals surface area contributed by atoms with E-state index >= 15 is 0 Å². The zero-order chi connectivity index (χ0) is 17.9. The summed E-state index contributed by atoms with van der Waals surface area (Å²) in [7, 11) is 0. The van der Waals surface area contributed by atoms with Gasteiger partial charge >= 0.3 is 0 Å². The number of phenolic OH excluding ortho intramolecular Hbond substituents is 1. The summed E-state index contributed by atoms with van der Waals surface area (Å²) in [5, 5.41) is 9.53. The highest BCUT2D eigenvalue weighted by molar-refractivity contribution is 5.94. The summed E-state index contributed by atoms with van der Waals surface area (Å²) in [4.78, 5) is 29.0. The van der Waals surface area contributed by atoms with Gasteiger partial charge in [-0.3, -0.25) is 9.59 Å². The minimum Gasteiger partial charge on any atom is -0.508 e. The molecule has 2 aliphatic heterocycles. The summed E-state index contributed by atoms with van der Waals surface area (Å²) in [6.45, 7) is 3.45. The molecule has 2 aliphatic rings. The summed E-state index contributed by atoms with van der Waals surface area (Å²) in [6.07, 6.45) is 1.32. The molecule has 7 nitrogen and oxygen atoms in total. The van der Waals surface area contributed by atoms with Crippen molar-refractivity contribution in [3.05, 3.63) is 29.8 Å². The second-order valence-corrected chi connectivity index (χ2v) is 6.73. The van der Waals surface area contributed by atoms with Crippen LogP contribution >= 0.6 is 0 Å². The zero-order valence-corrected chi connectivity index (χ0v) is 14.3. The van der Waals surface area contributed by atoms with Crippen LogP contribution in [0.1, 0.15) is 23.2 Å². The molecule has 25 heavy (non-hydrogen) atoms. The van der Waals surface area contributed by atoms with Crippen LogP contribution < -0.4 is 5.73 Å². The van der Waals surface area contributed by atoms with Gasteiger partial charge in [0.25, 0.3) is 5.91 Å². The molecule has 7 heteroatoms. The van der Waals surface area contributed by atoms with E-state index in [2.05, 4.69) is 0 Å². The molecule has 0 aliphatic carbocycles. The van der Waals surface area contributed by atoms with E-state index in [0.717, 1.165) is 0 Å². The lowest BCUT2D eigenvalue weighted by Crippen LogP contribution is -2.57. The van der Waals surface area contributed by atoms with Crippen molar-refractivity contribution in [1.82, 2.24) is 9.80 Å². The number of benzene rings is 1. The molecule has 136 valence electrons. The number of carbonyl (C=O) groups excluding carboxylic acids is 2. The molecule has 2 fully saturated rings. The van der Waals surface area contributed by atoms with Crippen molar-refractivity contribution in [3.63, 3.8) is 0 Å². The molecule has 0 spiro atoms. The van der Waals surface area contributed by atoms with Crippen LogP contribution in [0.5, 0.6) is 5.75 Å². The van der Waals surface area contributed by atoms with E-state index in [1.54, 1.807) is 17.0 Å². The van der Waals surface area contributed by atoms with Crippen LogP contribution in [-0.2, 0) is 9.53 Å². The number of hydrogen-bond acceptors (Lipinski definition) is 5. The number of piperazine rings is 1. The lowest BCUT2D eigenvalue weighted by molar-refractivity contribution is -0.148. The zero-order valence-electron chi connectivity index (χ0n) is 14.3. The molecule has 1 aromatic carbocycles. The summed E-state index contributed by atoms with van der Waals surface area (Å²) in [5.41, 5.74) is 5.86. The standard InChI is InChI=1S/C18H25N3O4/c19-13-18(4-10-25-11-5-18)17(24)21-8-6-20(7-9-21)16(23)14-2-1-3-15(22)12-14/h1-3,12,22H,4-11,13,19H2. The molecule has 2 heterocycles. The molecule has 2 saturated heterocycles. The third-order valence-electron chi connectivity index (χ3n) is 5.24. The topological polar surface area (TPSA) is 96.1 Å². The van der Waals surface area contributed by atoms with E-state index in [-0.39, 0.29) is 17.6 Å². The van der Waals surface area contributed by atoms with Crippen molar-refractivity contribution in [1.29, 1.82) is 0 Å². The van der Waals surface area contributed by atoms with Crippen LogP contribution in [0.25, 0.3) is 0 Å². The predicted molar refractivity (Wildman–Crippen MR) is 92.1 cm³/mol. The molecular weight excluding hydrogens is 322 g/mol. The van der Waals surface area contributed by atoms with Gasteiger partial charge in [0.1, 0.15) is 5.75 Å². The minimum absolute atomic E-state index is 0.0732. The molecule has 0 bridgehead atoms. The van der Waals surface area contributed by atoms with Crippen LogP contribution in [0.2, 0.25) is 0 Å². The van der Waals surface area contributed by atoms with Gasteiger partial charge in [-0.2, -0.15) is 0 Å². The predicted octanol–water partition coefficient (Wildman–Crippen LogP) is 0.432. The Morgan fingerprint density at radius 1 is 1.12 bits per heavy atom. The molecule has 0 radical (unpaired) electrons. The van der Waals surface area contributed by atoms with Crippen molar-refractivity contribution >= 4 is 11.8 Å². The Labute approximate surface area is 147 Å². The molecular formula is C18H25N3O4. The van der Waals surface area contributed by atoms with Gasteiger partial charge in [0.15, 0.2) is 0 Å². The number of nitrogens with two attached hydrogens (primary N) is 1. The van der Waals surface area contributed by atoms with Gasteiger partial charge in [0, 0.05) is 51.5 Å². The highest BCUT2D eigenvalue weighted by Crippen LogP contribution is 2.32. The maximum atomic E-state index is 13.0. The van der Waals surface area contributed by atoms with Crippen LogP contribution in [-0.4, -0.2) is 72.7 Å². The van der Waals surface area contributed by atoms with Gasteiger partial charge < -0.3 is 25.4 Å². The Morgan fingerprint density at radius 3 is 2.36 bits per heavy atom. The second-order valence-electron chi connectivity index (χ2n) is 6.73. The average molecular weight is 347 g/mol. The number of rotatable bonds is 3. The van der Waals surface area contributed by atoms with E-state index in [9.17, 15) is 14.7 Å². The van der Waals surface area contributed by atoms with E-state index in [0.29, 0.717) is 64.3 Å². The largest absolute Gasteiger partial charge is 0.508 e. The van der Waals surface area contributed by atoms with Gasteiger partial charge in [0.05, 0.1) is 5.41 Å². The third-order valence-corrected chi connectivity index (χ3v) is 5.24. The van der Waals surface area contributed by atoms with Crippen molar-refractivity contribution in [3.8, 4) is 5.75 Å². The van der Waals surface area contributed by atoms with Crippen molar-refractivity contribution in [2.45, 2.75) is 12.8 Å². The van der Waals surface area contributed by atoms with Gasteiger partial charge in [-0.05, 0) is 31.0 Å². The Balaban J connectivity index is 1.61. The number of carbonyl (C=O) groups is 2. The third kappa shape index (κ3) is 3.62. The SMILES string of the molecule is NCC1(C(=O)N2CCN(C(=O)c3cccc(O)c3)CC2)CCOCC1. The normalized spacial score (nSPS) is 20.4. The van der Waals surface area contributed by atoms with Crippen LogP contribution in [0, 0.1) is 5.41 Å². The molecule has 0 saturated carbocycles. The minimum atomic E-state index is -0.518. The number of aromatic hydroxyl groups is 1. The van der Waals surface area contributed by atoms with Crippen LogP contribution in [0.3, 0.4) is 0 Å². The smallest absolute Gasteiger partial charge is 0.254 e. The van der Waals surface area contributed by atoms with E-state index in [1.165, 1.54) is 12.1 Å². The first-order valence-electron chi connectivity index (χ1n) is 8.71. The first-order valence-corrected chi connectivity index (χ1v) is 8.71. The maximum Gasteiger partial charge on any atom is 0.254 e. The molecule has 2 amide bonds. The average Bonchev–Trinajstić information content (AvgIpc) is 2.67. The summed E-state index contributed by atoms with van der Waals surface area (Å²) >= 11 is 0. The fourth-order valence-corrected chi connectivity index (χ4v) is 3.54. The van der Waals surface area contributed by atoms with E-state index in [1.807, 2.05) is 4.90 Å². The van der Waals surface area contributed by atoms with Crippen LogP contribution in [0.15, 0.2) is 24.3 Å². The van der Waals surface area contributed by atoms with Crippen molar-refractivity contribution in [2.75, 3.05) is 45.9 Å². The molecule has 3 rings (SSSR count). The number of nitrogens with zero attached hydrogens (tertiary/aromatic N) is 2. The van der Waals surface area contributed by atoms with Crippen LogP contribution in [0.4, 0.5) is 0 Å². The number of phenols is 1. The molecule has 0 unspecified atom stereocenters. The maximum absolute atomic E-state index is 13.0. The number of ether oxygens (including phenoxy) is 1. The Hall–Kier alpha value is -2.12. The van der Waals surface area contributed by atoms with Gasteiger partial charge in [-0.15, -0.1) is 0 Å². The quantitative estimate of drug-likeness (QED) is 0.827. The fourth-order valence-electron chi connectivity index (χ4n) is 3.54. The fraction of sp³-hybridized carbons (Fsp3) is 0.556. The summed E-state index contributed by atoms with van der Waals surface area (Å²) < 4.78 is 5.37. The number of amides is 2. The Bertz CT molecular complexity index is 635. The van der Waals surface area contributed by atoms with Gasteiger partial charge in [-0.1, -0.05) is 6.07 Å². The Morgan fingerprint density at radius 2 is 1.76 bits per heavy atom. The molecule has 0 atom stereocenters. The highest BCUT2D eigenvalue weighted by atomic mass is 16.5. The van der Waals surface area contributed by atoms with Gasteiger partial charge in [0.2, 0.25) is 5.91 Å². The lowest BCUT2D eigenvalue weighted by Gasteiger charge is -2.42.